The summed E-state index contributed by atoms with van der Waals surface area (Å²) in [5.41, 5.74) is 2.31. The van der Waals surface area contributed by atoms with Gasteiger partial charge >= 0.3 is 5.97 Å². The number of nitrogens with zero attached hydrogens (tertiary/aromatic N) is 2. The number of carboxylic acid groups (broad SMARTS) is 1. The second-order valence-corrected chi connectivity index (χ2v) is 7.87. The quantitative estimate of drug-likeness (QED) is 0.717. The third-order valence-corrected chi connectivity index (χ3v) is 6.10. The minimum absolute atomic E-state index is 0.0112. The lowest BCUT2D eigenvalue weighted by Crippen LogP contribution is -2.24. The van der Waals surface area contributed by atoms with Gasteiger partial charge in [-0.3, -0.25) is 9.78 Å². The number of halogens is 1. The molecule has 0 spiro atoms. The number of aromatic carboxylic acids is 1. The number of hydrogen-bond acceptors (Lipinski definition) is 4. The van der Waals surface area contributed by atoms with Gasteiger partial charge in [0.15, 0.2) is 0 Å². The average Bonchev–Trinajstić information content (AvgIpc) is 2.58. The van der Waals surface area contributed by atoms with Crippen molar-refractivity contribution in [2.45, 2.75) is 31.7 Å². The largest absolute Gasteiger partial charge is 0.477 e. The van der Waals surface area contributed by atoms with Crippen LogP contribution in [-0.4, -0.2) is 26.4 Å². The molecule has 138 valence electrons. The van der Waals surface area contributed by atoms with E-state index >= 15 is 4.39 Å². The highest BCUT2D eigenvalue weighted by Gasteiger charge is 2.27. The Hall–Kier alpha value is -2.67. The van der Waals surface area contributed by atoms with Gasteiger partial charge in [-0.15, -0.1) is 11.8 Å². The van der Waals surface area contributed by atoms with Crippen LogP contribution in [0.3, 0.4) is 0 Å². The summed E-state index contributed by atoms with van der Waals surface area (Å²) >= 11 is 1.49. The van der Waals surface area contributed by atoms with E-state index in [2.05, 4.69) is 4.98 Å². The molecule has 5 nitrogen and oxygen atoms in total. The summed E-state index contributed by atoms with van der Waals surface area (Å²) in [6, 6.07) is 4.80. The van der Waals surface area contributed by atoms with Crippen LogP contribution < -0.4 is 5.43 Å². The fourth-order valence-electron chi connectivity index (χ4n) is 3.63. The molecule has 0 bridgehead atoms. The van der Waals surface area contributed by atoms with Crippen molar-refractivity contribution in [3.05, 3.63) is 57.4 Å². The highest BCUT2D eigenvalue weighted by atomic mass is 32.2. The molecule has 1 N–H and O–H groups in total. The predicted molar refractivity (Wildman–Crippen MR) is 103 cm³/mol. The Morgan fingerprint density at radius 2 is 1.96 bits per heavy atom. The summed E-state index contributed by atoms with van der Waals surface area (Å²) in [5, 5.41) is 9.47. The van der Waals surface area contributed by atoms with Crippen molar-refractivity contribution in [1.82, 2.24) is 9.55 Å². The van der Waals surface area contributed by atoms with Crippen molar-refractivity contribution < 1.29 is 14.3 Å². The number of pyridine rings is 2. The monoisotopic (exact) mass is 384 g/mol. The molecule has 7 heteroatoms. The van der Waals surface area contributed by atoms with Gasteiger partial charge in [-0.05, 0) is 44.5 Å². The minimum Gasteiger partial charge on any atom is -0.477 e. The zero-order valence-corrected chi connectivity index (χ0v) is 15.9. The SMILES string of the molecule is Cc1cc(-c2c(F)cc3c(=O)c(C(=O)O)cn4c3c2SC[C@@H]4C)cc(C)n1. The molecule has 0 saturated heterocycles. The lowest BCUT2D eigenvalue weighted by Gasteiger charge is -2.28. The van der Waals surface area contributed by atoms with Crippen molar-refractivity contribution in [1.29, 1.82) is 0 Å². The molecular weight excluding hydrogens is 367 g/mol. The minimum atomic E-state index is -1.30. The van der Waals surface area contributed by atoms with E-state index in [0.717, 1.165) is 11.4 Å². The summed E-state index contributed by atoms with van der Waals surface area (Å²) in [7, 11) is 0. The Labute approximate surface area is 158 Å². The molecule has 1 atom stereocenters. The lowest BCUT2D eigenvalue weighted by molar-refractivity contribution is 0.0694. The van der Waals surface area contributed by atoms with Gasteiger partial charge in [-0.25, -0.2) is 9.18 Å². The van der Waals surface area contributed by atoms with E-state index < -0.39 is 17.2 Å². The van der Waals surface area contributed by atoms with Crippen LogP contribution in [0.25, 0.3) is 22.0 Å². The number of aromatic nitrogens is 2. The molecule has 4 rings (SSSR count). The van der Waals surface area contributed by atoms with Gasteiger partial charge in [0.25, 0.3) is 0 Å². The van der Waals surface area contributed by atoms with Gasteiger partial charge < -0.3 is 9.67 Å². The van der Waals surface area contributed by atoms with Crippen molar-refractivity contribution in [2.24, 2.45) is 0 Å². The molecule has 27 heavy (non-hydrogen) atoms. The maximum Gasteiger partial charge on any atom is 0.341 e. The Kier molecular flexibility index (Phi) is 4.07. The van der Waals surface area contributed by atoms with Crippen molar-refractivity contribution in [3.8, 4) is 11.1 Å². The molecule has 1 aliphatic rings. The summed E-state index contributed by atoms with van der Waals surface area (Å²) < 4.78 is 16.9. The van der Waals surface area contributed by atoms with E-state index in [1.165, 1.54) is 24.0 Å². The van der Waals surface area contributed by atoms with Crippen LogP contribution in [0.5, 0.6) is 0 Å². The molecule has 0 aliphatic carbocycles. The van der Waals surface area contributed by atoms with E-state index in [-0.39, 0.29) is 17.0 Å². The van der Waals surface area contributed by atoms with Gasteiger partial charge in [0, 0.05) is 39.8 Å². The van der Waals surface area contributed by atoms with E-state index in [9.17, 15) is 14.7 Å². The molecule has 0 radical (unpaired) electrons. The predicted octanol–water partition coefficient (Wildman–Crippen LogP) is 4.18. The van der Waals surface area contributed by atoms with Crippen molar-refractivity contribution in [2.75, 3.05) is 5.75 Å². The Bertz CT molecular complexity index is 1170. The number of benzene rings is 1. The second-order valence-electron chi connectivity index (χ2n) is 6.84. The first kappa shape index (κ1) is 17.7. The smallest absolute Gasteiger partial charge is 0.341 e. The third-order valence-electron chi connectivity index (χ3n) is 4.77. The van der Waals surface area contributed by atoms with Crippen LogP contribution in [0.1, 0.15) is 34.7 Å². The van der Waals surface area contributed by atoms with Crippen LogP contribution >= 0.6 is 11.8 Å². The second kappa shape index (κ2) is 6.20. The molecule has 1 aromatic carbocycles. The zero-order valence-electron chi connectivity index (χ0n) is 15.0. The Morgan fingerprint density at radius 1 is 1.30 bits per heavy atom. The maximum absolute atomic E-state index is 15.2. The topological polar surface area (TPSA) is 72.2 Å². The molecule has 3 aromatic rings. The molecular formula is C20H17FN2O3S. The Balaban J connectivity index is 2.16. The van der Waals surface area contributed by atoms with E-state index in [1.807, 2.05) is 32.9 Å². The van der Waals surface area contributed by atoms with Gasteiger partial charge in [0.2, 0.25) is 5.43 Å². The fraction of sp³-hybridized carbons (Fsp3) is 0.250. The summed E-state index contributed by atoms with van der Waals surface area (Å²) in [4.78, 5) is 29.1. The van der Waals surface area contributed by atoms with Crippen LogP contribution in [0, 0.1) is 19.7 Å². The van der Waals surface area contributed by atoms with Crippen LogP contribution in [-0.2, 0) is 0 Å². The summed E-state index contributed by atoms with van der Waals surface area (Å²) in [6.45, 7) is 5.66. The zero-order chi connectivity index (χ0) is 19.5. The molecule has 2 aromatic heterocycles. The van der Waals surface area contributed by atoms with E-state index in [0.29, 0.717) is 27.3 Å². The van der Waals surface area contributed by atoms with Gasteiger partial charge in [-0.2, -0.15) is 0 Å². The standard InChI is InChI=1S/C20H17FN2O3S/c1-9-4-12(5-10(2)22-9)16-15(21)6-13-17-19(16)27-8-11(3)23(17)7-14(18(13)24)20(25)26/h4-7,11H,8H2,1-3H3,(H,25,26)/t11-/m0/s1. The van der Waals surface area contributed by atoms with Gasteiger partial charge in [-0.1, -0.05) is 0 Å². The van der Waals surface area contributed by atoms with Crippen molar-refractivity contribution in [3.63, 3.8) is 0 Å². The van der Waals surface area contributed by atoms with E-state index in [1.54, 1.807) is 4.57 Å². The van der Waals surface area contributed by atoms with Crippen LogP contribution in [0.4, 0.5) is 4.39 Å². The first-order chi connectivity index (χ1) is 12.8. The number of hydrogen-bond donors (Lipinski definition) is 1. The highest BCUT2D eigenvalue weighted by molar-refractivity contribution is 7.99. The molecule has 0 amide bonds. The van der Waals surface area contributed by atoms with Crippen molar-refractivity contribution >= 4 is 28.6 Å². The molecule has 3 heterocycles. The molecule has 1 aliphatic heterocycles. The third kappa shape index (κ3) is 2.73. The number of thioether (sulfide) groups is 1. The number of aryl methyl sites for hydroxylation is 2. The molecule has 0 saturated carbocycles. The number of rotatable bonds is 2. The lowest BCUT2D eigenvalue weighted by atomic mass is 10.00. The fourth-order valence-corrected chi connectivity index (χ4v) is 4.91. The van der Waals surface area contributed by atoms with E-state index in [4.69, 9.17) is 0 Å². The summed E-state index contributed by atoms with van der Waals surface area (Å²) in [6.07, 6.45) is 1.38. The van der Waals surface area contributed by atoms with Gasteiger partial charge in [0.1, 0.15) is 11.4 Å². The first-order valence-electron chi connectivity index (χ1n) is 8.51. The maximum atomic E-state index is 15.2. The first-order valence-corrected chi connectivity index (χ1v) is 9.49. The Morgan fingerprint density at radius 3 is 2.59 bits per heavy atom. The average molecular weight is 384 g/mol. The number of carbonyl (C=O) groups is 1. The van der Waals surface area contributed by atoms with Crippen LogP contribution in [0.15, 0.2) is 34.1 Å². The van der Waals surface area contributed by atoms with Gasteiger partial charge in [0.05, 0.1) is 10.9 Å². The molecule has 0 fully saturated rings. The van der Waals surface area contributed by atoms with Crippen LogP contribution in [0.2, 0.25) is 0 Å². The molecule has 0 unspecified atom stereocenters. The summed E-state index contributed by atoms with van der Waals surface area (Å²) in [5.74, 6) is -1.18. The normalized spacial score (nSPS) is 15.9. The highest BCUT2D eigenvalue weighted by Crippen LogP contribution is 2.43. The number of carboxylic acids is 1.